The summed E-state index contributed by atoms with van der Waals surface area (Å²) in [7, 11) is 1.39. The number of anilines is 1. The van der Waals surface area contributed by atoms with Crippen molar-refractivity contribution in [2.75, 3.05) is 12.4 Å². The summed E-state index contributed by atoms with van der Waals surface area (Å²) in [4.78, 5) is 24.6. The molecule has 0 heterocycles. The van der Waals surface area contributed by atoms with Gasteiger partial charge < -0.3 is 10.1 Å². The van der Waals surface area contributed by atoms with Crippen LogP contribution in [-0.2, 0) is 4.79 Å². The number of halogens is 2. The van der Waals surface area contributed by atoms with Gasteiger partial charge in [0, 0.05) is 22.4 Å². The van der Waals surface area contributed by atoms with Crippen LogP contribution in [0.3, 0.4) is 0 Å². The maximum atomic E-state index is 14.2. The molecule has 0 aromatic heterocycles. The van der Waals surface area contributed by atoms with Crippen LogP contribution >= 0.6 is 0 Å². The number of benzene rings is 3. The maximum absolute atomic E-state index is 14.2. The third-order valence-corrected chi connectivity index (χ3v) is 4.34. The van der Waals surface area contributed by atoms with Gasteiger partial charge in [0.15, 0.2) is 5.78 Å². The zero-order chi connectivity index (χ0) is 21.7. The average Bonchev–Trinajstić information content (AvgIpc) is 2.75. The van der Waals surface area contributed by atoms with Gasteiger partial charge in [-0.2, -0.15) is 5.26 Å². The van der Waals surface area contributed by atoms with Crippen molar-refractivity contribution in [1.82, 2.24) is 0 Å². The lowest BCUT2D eigenvalue weighted by Crippen LogP contribution is -2.16. The molecule has 7 heteroatoms. The zero-order valence-corrected chi connectivity index (χ0v) is 15.9. The third kappa shape index (κ3) is 4.67. The molecule has 0 saturated carbocycles. The van der Waals surface area contributed by atoms with E-state index in [1.54, 1.807) is 12.1 Å². The fraction of sp³-hybridized carbons (Fsp3) is 0.0870. The lowest BCUT2D eigenvalue weighted by atomic mass is 10.0. The molecule has 0 fully saturated rings. The number of ketones is 1. The molecule has 0 bridgehead atoms. The number of carbonyl (C=O) groups is 2. The van der Waals surface area contributed by atoms with Gasteiger partial charge in [-0.3, -0.25) is 9.59 Å². The molecule has 3 rings (SSSR count). The summed E-state index contributed by atoms with van der Waals surface area (Å²) in [5, 5.41) is 11.5. The van der Waals surface area contributed by atoms with E-state index in [2.05, 4.69) is 5.32 Å². The predicted octanol–water partition coefficient (Wildman–Crippen LogP) is 4.72. The summed E-state index contributed by atoms with van der Waals surface area (Å²) in [6.07, 6.45) is -0.440. The Morgan fingerprint density at radius 3 is 2.57 bits per heavy atom. The van der Waals surface area contributed by atoms with E-state index in [4.69, 9.17) is 10.00 Å². The Hall–Kier alpha value is -4.05. The van der Waals surface area contributed by atoms with Gasteiger partial charge in [0.2, 0.25) is 5.91 Å². The van der Waals surface area contributed by atoms with E-state index in [1.165, 1.54) is 37.4 Å². The molecule has 5 nitrogen and oxygen atoms in total. The average molecular weight is 406 g/mol. The molecule has 3 aromatic rings. The molecule has 3 aromatic carbocycles. The van der Waals surface area contributed by atoms with Crippen LogP contribution in [0.25, 0.3) is 11.1 Å². The Morgan fingerprint density at radius 1 is 1.03 bits per heavy atom. The Balaban J connectivity index is 1.81. The molecule has 1 N–H and O–H groups in total. The summed E-state index contributed by atoms with van der Waals surface area (Å²) < 4.78 is 33.0. The first-order valence-corrected chi connectivity index (χ1v) is 8.88. The van der Waals surface area contributed by atoms with Crippen molar-refractivity contribution in [2.24, 2.45) is 0 Å². The smallest absolute Gasteiger partial charge is 0.232 e. The molecule has 30 heavy (non-hydrogen) atoms. The maximum Gasteiger partial charge on any atom is 0.232 e. The van der Waals surface area contributed by atoms with E-state index < -0.39 is 29.7 Å². The predicted molar refractivity (Wildman–Crippen MR) is 107 cm³/mol. The minimum atomic E-state index is -0.647. The standard InChI is InChI=1S/C23H16F2N2O3/c1-30-22-8-6-17(11-19(22)18-10-16(24)5-7-20(18)25)27-23(29)12-21(28)15-4-2-3-14(9-15)13-26/h2-11H,12H2,1H3,(H,27,29). The number of rotatable bonds is 6. The van der Waals surface area contributed by atoms with Crippen LogP contribution < -0.4 is 10.1 Å². The minimum Gasteiger partial charge on any atom is -0.496 e. The second kappa shape index (κ2) is 8.97. The summed E-state index contributed by atoms with van der Waals surface area (Å²) in [6.45, 7) is 0. The van der Waals surface area contributed by atoms with Crippen LogP contribution in [0.4, 0.5) is 14.5 Å². The molecule has 0 saturated heterocycles. The summed E-state index contributed by atoms with van der Waals surface area (Å²) in [5.41, 5.74) is 1.09. The Morgan fingerprint density at radius 2 is 1.83 bits per heavy atom. The van der Waals surface area contributed by atoms with Crippen LogP contribution in [-0.4, -0.2) is 18.8 Å². The quantitative estimate of drug-likeness (QED) is 0.474. The largest absolute Gasteiger partial charge is 0.496 e. The van der Waals surface area contributed by atoms with Gasteiger partial charge in [-0.1, -0.05) is 12.1 Å². The van der Waals surface area contributed by atoms with E-state index >= 15 is 0 Å². The number of hydrogen-bond acceptors (Lipinski definition) is 4. The van der Waals surface area contributed by atoms with Gasteiger partial charge in [0.05, 0.1) is 25.2 Å². The Bertz CT molecular complexity index is 1170. The molecule has 0 radical (unpaired) electrons. The minimum absolute atomic E-state index is 0.0210. The van der Waals surface area contributed by atoms with Crippen LogP contribution in [0.5, 0.6) is 5.75 Å². The molecule has 0 aliphatic rings. The number of carbonyl (C=O) groups excluding carboxylic acids is 2. The second-order valence-electron chi connectivity index (χ2n) is 6.38. The van der Waals surface area contributed by atoms with Crippen molar-refractivity contribution in [3.05, 3.63) is 83.4 Å². The topological polar surface area (TPSA) is 79.2 Å². The SMILES string of the molecule is COc1ccc(NC(=O)CC(=O)c2cccc(C#N)c2)cc1-c1cc(F)ccc1F. The fourth-order valence-electron chi connectivity index (χ4n) is 2.92. The zero-order valence-electron chi connectivity index (χ0n) is 15.9. The molecule has 150 valence electrons. The third-order valence-electron chi connectivity index (χ3n) is 4.34. The first-order valence-electron chi connectivity index (χ1n) is 8.88. The summed E-state index contributed by atoms with van der Waals surface area (Å²) in [6, 6.07) is 15.5. The number of Topliss-reactive ketones (excluding diaryl/α,β-unsaturated/α-hetero) is 1. The highest BCUT2D eigenvalue weighted by Gasteiger charge is 2.16. The molecule has 0 atom stereocenters. The van der Waals surface area contributed by atoms with Crippen LogP contribution in [0.2, 0.25) is 0 Å². The molecule has 0 unspecified atom stereocenters. The van der Waals surface area contributed by atoms with Crippen molar-refractivity contribution < 1.29 is 23.1 Å². The molecular weight excluding hydrogens is 390 g/mol. The molecule has 0 aliphatic carbocycles. The molecular formula is C23H16F2N2O3. The van der Waals surface area contributed by atoms with Crippen LogP contribution in [0, 0.1) is 23.0 Å². The normalized spacial score (nSPS) is 10.2. The van der Waals surface area contributed by atoms with E-state index in [-0.39, 0.29) is 22.4 Å². The highest BCUT2D eigenvalue weighted by Crippen LogP contribution is 2.34. The Labute approximate surface area is 171 Å². The first kappa shape index (κ1) is 20.7. The number of ether oxygens (including phenoxy) is 1. The highest BCUT2D eigenvalue weighted by atomic mass is 19.1. The summed E-state index contributed by atoms with van der Waals surface area (Å²) in [5.74, 6) is -2.01. The molecule has 1 amide bonds. The highest BCUT2D eigenvalue weighted by molar-refractivity contribution is 6.11. The first-order chi connectivity index (χ1) is 14.4. The van der Waals surface area contributed by atoms with Gasteiger partial charge in [-0.05, 0) is 48.5 Å². The van der Waals surface area contributed by atoms with Gasteiger partial charge in [0.1, 0.15) is 17.4 Å². The lowest BCUT2D eigenvalue weighted by Gasteiger charge is -2.13. The van der Waals surface area contributed by atoms with Gasteiger partial charge in [0.25, 0.3) is 0 Å². The van der Waals surface area contributed by atoms with Gasteiger partial charge in [-0.25, -0.2) is 8.78 Å². The van der Waals surface area contributed by atoms with Crippen molar-refractivity contribution in [3.63, 3.8) is 0 Å². The summed E-state index contributed by atoms with van der Waals surface area (Å²) >= 11 is 0. The number of hydrogen-bond donors (Lipinski definition) is 1. The molecule has 0 aliphatic heterocycles. The van der Waals surface area contributed by atoms with E-state index in [0.717, 1.165) is 18.2 Å². The second-order valence-corrected chi connectivity index (χ2v) is 6.38. The molecule has 0 spiro atoms. The van der Waals surface area contributed by atoms with Crippen molar-refractivity contribution in [3.8, 4) is 22.9 Å². The van der Waals surface area contributed by atoms with Crippen LogP contribution in [0.15, 0.2) is 60.7 Å². The number of methoxy groups -OCH3 is 1. The number of nitrogens with one attached hydrogen (secondary N) is 1. The number of amides is 1. The number of nitriles is 1. The van der Waals surface area contributed by atoms with Crippen LogP contribution in [0.1, 0.15) is 22.3 Å². The van der Waals surface area contributed by atoms with E-state index in [9.17, 15) is 18.4 Å². The van der Waals surface area contributed by atoms with Crippen molar-refractivity contribution >= 4 is 17.4 Å². The van der Waals surface area contributed by atoms with Crippen molar-refractivity contribution in [1.29, 1.82) is 5.26 Å². The van der Waals surface area contributed by atoms with Gasteiger partial charge >= 0.3 is 0 Å². The lowest BCUT2D eigenvalue weighted by molar-refractivity contribution is -0.115. The fourth-order valence-corrected chi connectivity index (χ4v) is 2.92. The van der Waals surface area contributed by atoms with E-state index in [1.807, 2.05) is 6.07 Å². The van der Waals surface area contributed by atoms with Gasteiger partial charge in [-0.15, -0.1) is 0 Å². The monoisotopic (exact) mass is 406 g/mol. The number of nitrogens with zero attached hydrogens (tertiary/aromatic N) is 1. The van der Waals surface area contributed by atoms with E-state index in [0.29, 0.717) is 11.3 Å². The van der Waals surface area contributed by atoms with Crippen molar-refractivity contribution in [2.45, 2.75) is 6.42 Å². The Kier molecular flexibility index (Phi) is 6.18.